The Morgan fingerprint density at radius 1 is 1.24 bits per heavy atom. The molecule has 0 bridgehead atoms. The van der Waals surface area contributed by atoms with Crippen LogP contribution in [-0.4, -0.2) is 18.7 Å². The van der Waals surface area contributed by atoms with E-state index in [-0.39, 0.29) is 29.1 Å². The highest BCUT2D eigenvalue weighted by Gasteiger charge is 2.19. The Morgan fingerprint density at radius 2 is 1.96 bits per heavy atom. The highest BCUT2D eigenvalue weighted by Crippen LogP contribution is 2.32. The molecule has 0 amide bonds. The minimum atomic E-state index is -0.631. The van der Waals surface area contributed by atoms with Crippen LogP contribution in [0.25, 0.3) is 11.1 Å². The number of benzene rings is 1. The van der Waals surface area contributed by atoms with Gasteiger partial charge in [0.2, 0.25) is 0 Å². The van der Waals surface area contributed by atoms with E-state index in [0.29, 0.717) is 17.9 Å². The maximum Gasteiger partial charge on any atom is 0.268 e. The predicted octanol–water partition coefficient (Wildman–Crippen LogP) is 2.30. The number of hydrogen-bond acceptors (Lipinski definition) is 6. The van der Waals surface area contributed by atoms with Gasteiger partial charge in [-0.25, -0.2) is 0 Å². The lowest BCUT2D eigenvalue weighted by Gasteiger charge is -2.14. The number of aromatic nitrogens is 1. The molecule has 2 aromatic rings. The molecule has 0 spiro atoms. The van der Waals surface area contributed by atoms with Gasteiger partial charge in [-0.1, -0.05) is 13.0 Å². The number of anilines is 1. The fraction of sp³-hybridized carbons (Fsp3) is 0.278. The zero-order valence-corrected chi connectivity index (χ0v) is 14.0. The van der Waals surface area contributed by atoms with Gasteiger partial charge in [0.05, 0.1) is 13.2 Å². The molecular formula is C18H18N4O3. The number of hydrogen-bond donors (Lipinski definition) is 2. The summed E-state index contributed by atoms with van der Waals surface area (Å²) >= 11 is 0. The van der Waals surface area contributed by atoms with Crippen molar-refractivity contribution in [3.8, 4) is 29.0 Å². The van der Waals surface area contributed by atoms with Gasteiger partial charge < -0.3 is 20.2 Å². The number of nitriles is 2. The van der Waals surface area contributed by atoms with Crippen LogP contribution in [-0.2, 0) is 11.3 Å². The average Bonchev–Trinajstić information content (AvgIpc) is 2.60. The maximum absolute atomic E-state index is 12.0. The summed E-state index contributed by atoms with van der Waals surface area (Å²) in [4.78, 5) is 14.4. The lowest BCUT2D eigenvalue weighted by molar-refractivity contribution is 0.180. The van der Waals surface area contributed by atoms with Gasteiger partial charge in [-0.2, -0.15) is 10.5 Å². The monoisotopic (exact) mass is 338 g/mol. The molecule has 0 fully saturated rings. The number of pyridine rings is 1. The topological polar surface area (TPSA) is 125 Å². The number of nitrogens with two attached hydrogens (primary N) is 1. The second-order valence-corrected chi connectivity index (χ2v) is 5.32. The number of aromatic amines is 1. The van der Waals surface area contributed by atoms with Crippen molar-refractivity contribution >= 4 is 5.82 Å². The smallest absolute Gasteiger partial charge is 0.268 e. The largest absolute Gasteiger partial charge is 0.493 e. The lowest BCUT2D eigenvalue weighted by Crippen LogP contribution is -2.16. The number of ether oxygens (including phenoxy) is 2. The van der Waals surface area contributed by atoms with Crippen LogP contribution in [0.5, 0.6) is 5.75 Å². The van der Waals surface area contributed by atoms with E-state index in [2.05, 4.69) is 4.98 Å². The standard InChI is InChI=1S/C18H18N4O3/c1-3-6-25-15-5-4-11(7-12(15)10-24-2)16-13(8-19)17(21)22-18(23)14(16)9-20/h4-5,7H,3,6,10H2,1-2H3,(H3,21,22,23). The van der Waals surface area contributed by atoms with E-state index >= 15 is 0 Å². The second kappa shape index (κ2) is 8.00. The molecule has 7 heteroatoms. The fourth-order valence-corrected chi connectivity index (χ4v) is 2.49. The summed E-state index contributed by atoms with van der Waals surface area (Å²) in [5.74, 6) is 0.586. The van der Waals surface area contributed by atoms with Crippen LogP contribution in [0.3, 0.4) is 0 Å². The molecular weight excluding hydrogens is 320 g/mol. The first-order valence-corrected chi connectivity index (χ1v) is 7.68. The normalized spacial score (nSPS) is 10.1. The lowest BCUT2D eigenvalue weighted by atomic mass is 9.95. The molecule has 128 valence electrons. The van der Waals surface area contributed by atoms with Gasteiger partial charge in [0, 0.05) is 18.2 Å². The van der Waals surface area contributed by atoms with Crippen molar-refractivity contribution in [1.29, 1.82) is 10.5 Å². The summed E-state index contributed by atoms with van der Waals surface area (Å²) < 4.78 is 10.9. The molecule has 2 rings (SSSR count). The van der Waals surface area contributed by atoms with E-state index < -0.39 is 5.56 Å². The number of nitrogens with one attached hydrogen (secondary N) is 1. The summed E-state index contributed by atoms with van der Waals surface area (Å²) in [6, 6.07) is 8.98. The number of nitrogens with zero attached hydrogens (tertiary/aromatic N) is 2. The molecule has 0 radical (unpaired) electrons. The number of methoxy groups -OCH3 is 1. The Labute approximate surface area is 145 Å². The van der Waals surface area contributed by atoms with Crippen LogP contribution in [0.2, 0.25) is 0 Å². The summed E-state index contributed by atoms with van der Waals surface area (Å²) in [6.45, 7) is 2.85. The third-order valence-corrected chi connectivity index (χ3v) is 3.58. The molecule has 0 atom stereocenters. The molecule has 3 N–H and O–H groups in total. The van der Waals surface area contributed by atoms with Crippen LogP contribution in [0.1, 0.15) is 30.0 Å². The zero-order chi connectivity index (χ0) is 18.4. The zero-order valence-electron chi connectivity index (χ0n) is 14.0. The maximum atomic E-state index is 12.0. The molecule has 25 heavy (non-hydrogen) atoms. The van der Waals surface area contributed by atoms with Gasteiger partial charge >= 0.3 is 0 Å². The van der Waals surface area contributed by atoms with Gasteiger partial charge in [-0.3, -0.25) is 4.79 Å². The predicted molar refractivity (Wildman–Crippen MR) is 92.8 cm³/mol. The molecule has 0 saturated carbocycles. The van der Waals surface area contributed by atoms with E-state index in [4.69, 9.17) is 15.2 Å². The molecule has 0 saturated heterocycles. The second-order valence-electron chi connectivity index (χ2n) is 5.32. The Kier molecular flexibility index (Phi) is 5.78. The molecule has 0 unspecified atom stereocenters. The third kappa shape index (κ3) is 3.63. The summed E-state index contributed by atoms with van der Waals surface area (Å²) in [5, 5.41) is 18.7. The summed E-state index contributed by atoms with van der Waals surface area (Å²) in [5.41, 5.74) is 6.51. The Balaban J connectivity index is 2.71. The Morgan fingerprint density at radius 3 is 2.56 bits per heavy atom. The highest BCUT2D eigenvalue weighted by atomic mass is 16.5. The Hall–Kier alpha value is -3.29. The minimum absolute atomic E-state index is 0.0572. The molecule has 0 aliphatic rings. The summed E-state index contributed by atoms with van der Waals surface area (Å²) in [7, 11) is 1.56. The molecule has 7 nitrogen and oxygen atoms in total. The van der Waals surface area contributed by atoms with Crippen molar-refractivity contribution in [3.63, 3.8) is 0 Å². The van der Waals surface area contributed by atoms with Gasteiger partial charge in [-0.15, -0.1) is 0 Å². The number of rotatable bonds is 6. The van der Waals surface area contributed by atoms with E-state index in [1.807, 2.05) is 19.1 Å². The molecule has 0 aliphatic heterocycles. The van der Waals surface area contributed by atoms with Crippen molar-refractivity contribution in [3.05, 3.63) is 45.2 Å². The number of nitrogen functional groups attached to an aromatic ring is 1. The van der Waals surface area contributed by atoms with Crippen molar-refractivity contribution in [2.45, 2.75) is 20.0 Å². The van der Waals surface area contributed by atoms with Crippen LogP contribution in [0.4, 0.5) is 5.82 Å². The first kappa shape index (κ1) is 18.1. The molecule has 1 aromatic carbocycles. The molecule has 0 aliphatic carbocycles. The third-order valence-electron chi connectivity index (χ3n) is 3.58. The van der Waals surface area contributed by atoms with Crippen molar-refractivity contribution < 1.29 is 9.47 Å². The molecule has 1 heterocycles. The first-order valence-electron chi connectivity index (χ1n) is 7.68. The SMILES string of the molecule is CCCOc1ccc(-c2c(C#N)c(N)[nH]c(=O)c2C#N)cc1COC. The van der Waals surface area contributed by atoms with Crippen LogP contribution < -0.4 is 16.0 Å². The van der Waals surface area contributed by atoms with Gasteiger partial charge in [0.1, 0.15) is 34.8 Å². The fourth-order valence-electron chi connectivity index (χ4n) is 2.49. The van der Waals surface area contributed by atoms with Gasteiger partial charge in [-0.05, 0) is 24.1 Å². The summed E-state index contributed by atoms with van der Waals surface area (Å²) in [6.07, 6.45) is 0.857. The van der Waals surface area contributed by atoms with Crippen molar-refractivity contribution in [1.82, 2.24) is 4.98 Å². The Bertz CT molecular complexity index is 920. The van der Waals surface area contributed by atoms with E-state index in [0.717, 1.165) is 12.0 Å². The minimum Gasteiger partial charge on any atom is -0.493 e. The average molecular weight is 338 g/mol. The van der Waals surface area contributed by atoms with Crippen molar-refractivity contribution in [2.75, 3.05) is 19.5 Å². The number of H-pyrrole nitrogens is 1. The van der Waals surface area contributed by atoms with E-state index in [9.17, 15) is 15.3 Å². The van der Waals surface area contributed by atoms with Crippen LogP contribution in [0.15, 0.2) is 23.0 Å². The first-order chi connectivity index (χ1) is 12.1. The van der Waals surface area contributed by atoms with Gasteiger partial charge in [0.15, 0.2) is 0 Å². The highest BCUT2D eigenvalue weighted by molar-refractivity contribution is 5.80. The quantitative estimate of drug-likeness (QED) is 0.832. The van der Waals surface area contributed by atoms with Gasteiger partial charge in [0.25, 0.3) is 5.56 Å². The molecule has 1 aromatic heterocycles. The van der Waals surface area contributed by atoms with E-state index in [1.54, 1.807) is 25.3 Å². The van der Waals surface area contributed by atoms with Crippen molar-refractivity contribution in [2.24, 2.45) is 0 Å². The van der Waals surface area contributed by atoms with Crippen LogP contribution >= 0.6 is 0 Å². The van der Waals surface area contributed by atoms with Crippen LogP contribution in [0, 0.1) is 22.7 Å². The van der Waals surface area contributed by atoms with E-state index in [1.165, 1.54) is 0 Å².